The summed E-state index contributed by atoms with van der Waals surface area (Å²) in [4.78, 5) is 25.8. The molecule has 3 amide bonds. The van der Waals surface area contributed by atoms with Gasteiger partial charge >= 0.3 is 6.03 Å². The van der Waals surface area contributed by atoms with Crippen LogP contribution in [0.15, 0.2) is 22.9 Å². The molecule has 1 aromatic rings. The van der Waals surface area contributed by atoms with E-state index in [0.717, 1.165) is 31.5 Å². The summed E-state index contributed by atoms with van der Waals surface area (Å²) in [5, 5.41) is 9.94. The fraction of sp³-hybridized carbons (Fsp3) is 0.556. The molecule has 0 radical (unpaired) electrons. The van der Waals surface area contributed by atoms with E-state index in [1.165, 1.54) is 0 Å². The number of likely N-dealkylation sites (tertiary alicyclic amines) is 1. The highest BCUT2D eigenvalue weighted by atomic mass is 32.1. The lowest BCUT2D eigenvalue weighted by atomic mass is 9.97. The van der Waals surface area contributed by atoms with Gasteiger partial charge in [-0.3, -0.25) is 4.79 Å². The molecule has 0 saturated carbocycles. The van der Waals surface area contributed by atoms with Gasteiger partial charge in [0.05, 0.1) is 0 Å². The molecule has 0 atom stereocenters. The van der Waals surface area contributed by atoms with Crippen LogP contribution in [-0.2, 0) is 4.79 Å². The highest BCUT2D eigenvalue weighted by Gasteiger charge is 2.25. The molecule has 2 heterocycles. The Bertz CT molecular complexity index is 568. The molecule has 0 unspecified atom stereocenters. The van der Waals surface area contributed by atoms with Gasteiger partial charge in [-0.25, -0.2) is 4.79 Å². The fourth-order valence-electron chi connectivity index (χ4n) is 2.59. The smallest absolute Gasteiger partial charge is 0.317 e. The Morgan fingerprint density at radius 3 is 2.62 bits per heavy atom. The molecule has 1 saturated heterocycles. The minimum Gasteiger partial charge on any atom is -0.352 e. The average molecular weight is 350 g/mol. The van der Waals surface area contributed by atoms with Crippen molar-refractivity contribution in [2.24, 2.45) is 5.92 Å². The minimum atomic E-state index is -0.212. The Morgan fingerprint density at radius 2 is 2.04 bits per heavy atom. The first-order chi connectivity index (χ1) is 11.3. The van der Waals surface area contributed by atoms with Crippen LogP contribution in [0, 0.1) is 5.92 Å². The number of nitrogens with one attached hydrogen (secondary N) is 2. The van der Waals surface area contributed by atoms with Gasteiger partial charge in [0.1, 0.15) is 0 Å². The number of carbonyl (C=O) groups excluding carboxylic acids is 2. The maximum Gasteiger partial charge on any atom is 0.317 e. The zero-order chi connectivity index (χ0) is 17.6. The van der Waals surface area contributed by atoms with E-state index in [1.807, 2.05) is 48.6 Å². The topological polar surface area (TPSA) is 61.4 Å². The number of hydrogen-bond donors (Lipinski definition) is 2. The summed E-state index contributed by atoms with van der Waals surface area (Å²) in [6.07, 6.45) is 5.25. The van der Waals surface area contributed by atoms with Crippen LogP contribution in [0.1, 0.15) is 39.2 Å². The number of rotatable bonds is 4. The first kappa shape index (κ1) is 18.5. The summed E-state index contributed by atoms with van der Waals surface area (Å²) in [6.45, 7) is 8.10. The molecular formula is C18H27N3O2S. The second kappa shape index (κ2) is 8.33. The summed E-state index contributed by atoms with van der Waals surface area (Å²) in [6, 6.07) is 1.98. The van der Waals surface area contributed by atoms with Crippen molar-refractivity contribution in [1.29, 1.82) is 0 Å². The summed E-state index contributed by atoms with van der Waals surface area (Å²) in [5.74, 6) is 0.372. The van der Waals surface area contributed by atoms with E-state index in [2.05, 4.69) is 10.6 Å². The fourth-order valence-corrected chi connectivity index (χ4v) is 3.21. The lowest BCUT2D eigenvalue weighted by Gasteiger charge is -2.34. The molecule has 0 bridgehead atoms. The summed E-state index contributed by atoms with van der Waals surface area (Å²) < 4.78 is 0. The molecule has 24 heavy (non-hydrogen) atoms. The van der Waals surface area contributed by atoms with Crippen molar-refractivity contribution in [2.75, 3.05) is 19.6 Å². The Balaban J connectivity index is 1.67. The van der Waals surface area contributed by atoms with Crippen molar-refractivity contribution in [3.63, 3.8) is 0 Å². The summed E-state index contributed by atoms with van der Waals surface area (Å²) in [7, 11) is 0. The number of amides is 3. The molecular weight excluding hydrogens is 322 g/mol. The van der Waals surface area contributed by atoms with Crippen LogP contribution in [0.4, 0.5) is 4.79 Å². The van der Waals surface area contributed by atoms with E-state index in [0.29, 0.717) is 12.5 Å². The van der Waals surface area contributed by atoms with Gasteiger partial charge in [0.15, 0.2) is 0 Å². The lowest BCUT2D eigenvalue weighted by molar-refractivity contribution is -0.116. The Kier molecular flexibility index (Phi) is 6.43. The predicted octanol–water partition coefficient (Wildman–Crippen LogP) is 3.10. The van der Waals surface area contributed by atoms with Crippen LogP contribution in [0.25, 0.3) is 6.08 Å². The van der Waals surface area contributed by atoms with Crippen LogP contribution >= 0.6 is 11.3 Å². The molecule has 1 aliphatic rings. The maximum atomic E-state index is 12.1. The molecule has 6 heteroatoms. The molecule has 0 spiro atoms. The molecule has 0 aromatic carbocycles. The highest BCUT2D eigenvalue weighted by Crippen LogP contribution is 2.17. The van der Waals surface area contributed by atoms with E-state index in [-0.39, 0.29) is 17.5 Å². The molecule has 132 valence electrons. The van der Waals surface area contributed by atoms with Gasteiger partial charge in [-0.2, -0.15) is 11.3 Å². The van der Waals surface area contributed by atoms with Crippen molar-refractivity contribution >= 4 is 29.4 Å². The van der Waals surface area contributed by atoms with Crippen LogP contribution in [0.5, 0.6) is 0 Å². The van der Waals surface area contributed by atoms with Crippen LogP contribution in [0.2, 0.25) is 0 Å². The van der Waals surface area contributed by atoms with Crippen molar-refractivity contribution in [3.05, 3.63) is 28.5 Å². The van der Waals surface area contributed by atoms with E-state index < -0.39 is 0 Å². The molecule has 1 fully saturated rings. The van der Waals surface area contributed by atoms with Crippen molar-refractivity contribution in [3.8, 4) is 0 Å². The number of nitrogens with zero attached hydrogens (tertiary/aromatic N) is 1. The predicted molar refractivity (Wildman–Crippen MR) is 98.9 cm³/mol. The number of carbonyl (C=O) groups is 2. The second-order valence-electron chi connectivity index (χ2n) is 7.25. The standard InChI is InChI=1S/C18H27N3O2S/c1-18(2,3)20-17(23)21-9-6-14(7-10-21)12-19-16(22)5-4-15-8-11-24-13-15/h4-5,8,11,13-14H,6-7,9-10,12H2,1-3H3,(H,19,22)(H,20,23)/b5-4+. The van der Waals surface area contributed by atoms with E-state index in [1.54, 1.807) is 17.4 Å². The number of hydrogen-bond acceptors (Lipinski definition) is 3. The minimum absolute atomic E-state index is 0.00341. The van der Waals surface area contributed by atoms with Gasteiger partial charge in [-0.15, -0.1) is 0 Å². The number of urea groups is 1. The summed E-state index contributed by atoms with van der Waals surface area (Å²) >= 11 is 1.61. The van der Waals surface area contributed by atoms with E-state index >= 15 is 0 Å². The van der Waals surface area contributed by atoms with Gasteiger partial charge < -0.3 is 15.5 Å². The first-order valence-electron chi connectivity index (χ1n) is 8.39. The Labute approximate surface area is 148 Å². The highest BCUT2D eigenvalue weighted by molar-refractivity contribution is 7.08. The third-order valence-electron chi connectivity index (χ3n) is 3.92. The SMILES string of the molecule is CC(C)(C)NC(=O)N1CCC(CNC(=O)/C=C/c2ccsc2)CC1. The third kappa shape index (κ3) is 6.35. The monoisotopic (exact) mass is 349 g/mol. The van der Waals surface area contributed by atoms with Gasteiger partial charge in [0.25, 0.3) is 0 Å². The molecule has 1 aliphatic heterocycles. The maximum absolute atomic E-state index is 12.1. The van der Waals surface area contributed by atoms with Crippen molar-refractivity contribution in [1.82, 2.24) is 15.5 Å². The summed E-state index contributed by atoms with van der Waals surface area (Å²) in [5.41, 5.74) is 0.838. The van der Waals surface area contributed by atoms with Gasteiger partial charge in [-0.05, 0) is 68.0 Å². The quantitative estimate of drug-likeness (QED) is 0.821. The zero-order valence-corrected chi connectivity index (χ0v) is 15.5. The van der Waals surface area contributed by atoms with Crippen LogP contribution in [0.3, 0.4) is 0 Å². The Morgan fingerprint density at radius 1 is 1.33 bits per heavy atom. The van der Waals surface area contributed by atoms with E-state index in [4.69, 9.17) is 0 Å². The molecule has 2 N–H and O–H groups in total. The second-order valence-corrected chi connectivity index (χ2v) is 8.03. The van der Waals surface area contributed by atoms with Crippen LogP contribution < -0.4 is 10.6 Å². The molecule has 1 aromatic heterocycles. The Hall–Kier alpha value is -1.82. The average Bonchev–Trinajstić information content (AvgIpc) is 3.03. The largest absolute Gasteiger partial charge is 0.352 e. The lowest BCUT2D eigenvalue weighted by Crippen LogP contribution is -2.51. The first-order valence-corrected chi connectivity index (χ1v) is 9.33. The number of piperidine rings is 1. The van der Waals surface area contributed by atoms with Crippen molar-refractivity contribution < 1.29 is 9.59 Å². The molecule has 0 aliphatic carbocycles. The molecule has 2 rings (SSSR count). The third-order valence-corrected chi connectivity index (χ3v) is 4.62. The van der Waals surface area contributed by atoms with Crippen molar-refractivity contribution in [2.45, 2.75) is 39.2 Å². The van der Waals surface area contributed by atoms with Gasteiger partial charge in [0.2, 0.25) is 5.91 Å². The normalized spacial score (nSPS) is 16.4. The number of thiophene rings is 1. The zero-order valence-electron chi connectivity index (χ0n) is 14.7. The van der Waals surface area contributed by atoms with E-state index in [9.17, 15) is 9.59 Å². The van der Waals surface area contributed by atoms with Gasteiger partial charge in [-0.1, -0.05) is 0 Å². The molecule has 5 nitrogen and oxygen atoms in total. The van der Waals surface area contributed by atoms with Gasteiger partial charge in [0, 0.05) is 31.2 Å². The van der Waals surface area contributed by atoms with Crippen LogP contribution in [-0.4, -0.2) is 42.0 Å².